The summed E-state index contributed by atoms with van der Waals surface area (Å²) in [5, 5.41) is 2.29. The maximum absolute atomic E-state index is 5.27. The normalized spacial score (nSPS) is 22.6. The first-order chi connectivity index (χ1) is 12.8. The molecule has 1 aromatic carbocycles. The number of thioether (sulfide) groups is 8. The molecule has 0 unspecified atom stereocenters. The maximum Gasteiger partial charge on any atom is 0.118 e. The Morgan fingerprint density at radius 1 is 0.692 bits per heavy atom. The van der Waals surface area contributed by atoms with Crippen molar-refractivity contribution in [1.82, 2.24) is 0 Å². The lowest BCUT2D eigenvalue weighted by Gasteiger charge is -2.13. The summed E-state index contributed by atoms with van der Waals surface area (Å²) in [6.45, 7) is 0. The fraction of sp³-hybridized carbons (Fsp3) is 0.176. The van der Waals surface area contributed by atoms with E-state index in [1.54, 1.807) is 7.11 Å². The zero-order chi connectivity index (χ0) is 17.5. The Hall–Kier alpha value is 0.780. The summed E-state index contributed by atoms with van der Waals surface area (Å²) in [6.07, 6.45) is 0. The van der Waals surface area contributed by atoms with Crippen LogP contribution in [0.1, 0.15) is 5.56 Å². The van der Waals surface area contributed by atoms with Gasteiger partial charge in [-0.3, -0.25) is 0 Å². The molecule has 134 valence electrons. The van der Waals surface area contributed by atoms with Gasteiger partial charge in [-0.05, 0) is 23.1 Å². The van der Waals surface area contributed by atoms with Crippen LogP contribution >= 0.6 is 94.1 Å². The Balaban J connectivity index is 1.30. The molecule has 0 aliphatic carbocycles. The predicted octanol–water partition coefficient (Wildman–Crippen LogP) is 8.29. The van der Waals surface area contributed by atoms with Gasteiger partial charge in [0.15, 0.2) is 0 Å². The molecule has 0 saturated heterocycles. The van der Waals surface area contributed by atoms with Gasteiger partial charge < -0.3 is 4.74 Å². The van der Waals surface area contributed by atoms with Crippen molar-refractivity contribution >= 4 is 99.0 Å². The van der Waals surface area contributed by atoms with Gasteiger partial charge >= 0.3 is 0 Å². The molecule has 1 nitrogen and oxygen atoms in total. The summed E-state index contributed by atoms with van der Waals surface area (Å²) < 4.78 is 14.1. The molecule has 4 aliphatic heterocycles. The lowest BCUT2D eigenvalue weighted by molar-refractivity contribution is 0.415. The second kappa shape index (κ2) is 8.26. The summed E-state index contributed by atoms with van der Waals surface area (Å²) in [5.74, 6) is 3.40. The highest BCUT2D eigenvalue weighted by Gasteiger charge is 2.33. The van der Waals surface area contributed by atoms with Crippen molar-refractivity contribution < 1.29 is 4.74 Å². The molecule has 0 N–H and O–H groups in total. The Morgan fingerprint density at radius 3 is 1.92 bits per heavy atom. The van der Waals surface area contributed by atoms with Crippen LogP contribution in [0, 0.1) is 0 Å². The lowest BCUT2D eigenvalue weighted by Crippen LogP contribution is -1.88. The first-order valence-electron chi connectivity index (χ1n) is 7.69. The van der Waals surface area contributed by atoms with E-state index in [-0.39, 0.29) is 0 Å². The Labute approximate surface area is 187 Å². The summed E-state index contributed by atoms with van der Waals surface area (Å²) in [6, 6.07) is 8.36. The number of ether oxygens (including phenoxy) is 1. The van der Waals surface area contributed by atoms with Gasteiger partial charge in [-0.2, -0.15) is 0 Å². The van der Waals surface area contributed by atoms with Gasteiger partial charge in [-0.25, -0.2) is 0 Å². The van der Waals surface area contributed by atoms with E-state index in [0.29, 0.717) is 0 Å². The van der Waals surface area contributed by atoms with Crippen LogP contribution in [0.5, 0.6) is 5.75 Å². The molecule has 0 aromatic heterocycles. The first kappa shape index (κ1) is 18.8. The van der Waals surface area contributed by atoms with Crippen molar-refractivity contribution in [3.63, 3.8) is 0 Å². The molecule has 0 saturated carbocycles. The van der Waals surface area contributed by atoms with E-state index < -0.39 is 0 Å². The molecule has 0 amide bonds. The highest BCUT2D eigenvalue weighted by atomic mass is 32.3. The van der Waals surface area contributed by atoms with Gasteiger partial charge in [0, 0.05) is 16.4 Å². The monoisotopic (exact) mass is 488 g/mol. The minimum Gasteiger partial charge on any atom is -0.497 e. The van der Waals surface area contributed by atoms with Gasteiger partial charge in [-0.15, -0.1) is 23.5 Å². The molecule has 0 bridgehead atoms. The molecular formula is C17H12OS8. The molecule has 26 heavy (non-hydrogen) atoms. The molecule has 4 aliphatic rings. The zero-order valence-electron chi connectivity index (χ0n) is 13.5. The van der Waals surface area contributed by atoms with E-state index in [1.807, 2.05) is 106 Å². The number of benzene rings is 1. The van der Waals surface area contributed by atoms with Gasteiger partial charge in [0.2, 0.25) is 0 Å². The SMILES string of the molecule is COc1ccc(C2=CSC3=C(S2)SC(=C2SC4=C(SCCS4)S2)S3)cc1. The van der Waals surface area contributed by atoms with Crippen LogP contribution in [0.3, 0.4) is 0 Å². The van der Waals surface area contributed by atoms with Crippen LogP contribution in [0.25, 0.3) is 4.91 Å². The number of hydrogen-bond donors (Lipinski definition) is 0. The minimum absolute atomic E-state index is 0.906. The van der Waals surface area contributed by atoms with Crippen molar-refractivity contribution in [1.29, 1.82) is 0 Å². The third kappa shape index (κ3) is 3.79. The Bertz CT molecular complexity index is 861. The van der Waals surface area contributed by atoms with E-state index in [9.17, 15) is 0 Å². The Morgan fingerprint density at radius 2 is 1.27 bits per heavy atom. The number of hydrogen-bond acceptors (Lipinski definition) is 9. The maximum atomic E-state index is 5.27. The molecule has 0 fully saturated rings. The second-order valence-corrected chi connectivity index (χ2v) is 15.0. The topological polar surface area (TPSA) is 9.23 Å². The number of methoxy groups -OCH3 is 1. The third-order valence-corrected chi connectivity index (χ3v) is 15.4. The quantitative estimate of drug-likeness (QED) is 0.403. The molecule has 9 heteroatoms. The second-order valence-electron chi connectivity index (χ2n) is 5.26. The molecule has 4 heterocycles. The van der Waals surface area contributed by atoms with E-state index in [0.717, 1.165) is 5.75 Å². The molecule has 0 radical (unpaired) electrons. The average molecular weight is 489 g/mol. The van der Waals surface area contributed by atoms with E-state index in [1.165, 1.54) is 47.4 Å². The fourth-order valence-electron chi connectivity index (χ4n) is 2.41. The van der Waals surface area contributed by atoms with E-state index in [2.05, 4.69) is 17.5 Å². The Kier molecular flexibility index (Phi) is 5.97. The average Bonchev–Trinajstić information content (AvgIpc) is 3.31. The van der Waals surface area contributed by atoms with Crippen LogP contribution in [-0.2, 0) is 0 Å². The molecular weight excluding hydrogens is 477 g/mol. The highest BCUT2D eigenvalue weighted by Crippen LogP contribution is 2.68. The fourth-order valence-corrected chi connectivity index (χ4v) is 14.3. The first-order valence-corrected chi connectivity index (χ1v) is 14.6. The van der Waals surface area contributed by atoms with Crippen molar-refractivity contribution in [2.75, 3.05) is 18.6 Å². The van der Waals surface area contributed by atoms with Gasteiger partial charge in [0.25, 0.3) is 0 Å². The van der Waals surface area contributed by atoms with Crippen LogP contribution in [-0.4, -0.2) is 18.6 Å². The summed E-state index contributed by atoms with van der Waals surface area (Å²) in [7, 11) is 1.71. The molecule has 1 aromatic rings. The van der Waals surface area contributed by atoms with Crippen LogP contribution in [0.4, 0.5) is 0 Å². The molecule has 0 spiro atoms. The van der Waals surface area contributed by atoms with Crippen LogP contribution in [0.2, 0.25) is 0 Å². The van der Waals surface area contributed by atoms with Crippen LogP contribution in [0.15, 0.2) is 55.1 Å². The smallest absolute Gasteiger partial charge is 0.118 e. The van der Waals surface area contributed by atoms with Crippen molar-refractivity contribution in [2.24, 2.45) is 0 Å². The molecule has 5 rings (SSSR count). The van der Waals surface area contributed by atoms with E-state index in [4.69, 9.17) is 4.74 Å². The predicted molar refractivity (Wildman–Crippen MR) is 133 cm³/mol. The van der Waals surface area contributed by atoms with Gasteiger partial charge in [0.05, 0.1) is 32.5 Å². The van der Waals surface area contributed by atoms with Crippen molar-refractivity contribution in [3.05, 3.63) is 60.7 Å². The molecule has 0 atom stereocenters. The minimum atomic E-state index is 0.906. The lowest BCUT2D eigenvalue weighted by atomic mass is 10.2. The van der Waals surface area contributed by atoms with Gasteiger partial charge in [0.1, 0.15) is 5.75 Å². The summed E-state index contributed by atoms with van der Waals surface area (Å²) in [5.41, 5.74) is 1.26. The van der Waals surface area contributed by atoms with Crippen molar-refractivity contribution in [2.45, 2.75) is 0 Å². The highest BCUT2D eigenvalue weighted by molar-refractivity contribution is 8.46. The largest absolute Gasteiger partial charge is 0.497 e. The van der Waals surface area contributed by atoms with Gasteiger partial charge in [-0.1, -0.05) is 82.7 Å². The summed E-state index contributed by atoms with van der Waals surface area (Å²) in [4.78, 5) is 1.33. The van der Waals surface area contributed by atoms with Crippen LogP contribution < -0.4 is 4.74 Å². The zero-order valence-corrected chi connectivity index (χ0v) is 20.0. The summed E-state index contributed by atoms with van der Waals surface area (Å²) >= 11 is 15.7. The number of rotatable bonds is 2. The standard InChI is InChI=1S/C17H12OS8/c1-18-10-4-2-9(3-5-10)11-8-21-14-15(22-11)26-17(25-14)16-23-12-13(24-16)20-7-6-19-12/h2-5,8H,6-7H2,1H3. The third-order valence-electron chi connectivity index (χ3n) is 3.64. The van der Waals surface area contributed by atoms with E-state index >= 15 is 0 Å². The van der Waals surface area contributed by atoms with Crippen molar-refractivity contribution in [3.8, 4) is 5.75 Å².